The normalized spacial score (nSPS) is 10.5. The van der Waals surface area contributed by atoms with E-state index in [0.29, 0.717) is 0 Å². The lowest BCUT2D eigenvalue weighted by Crippen LogP contribution is -2.39. The summed E-state index contributed by atoms with van der Waals surface area (Å²) in [6.07, 6.45) is 16.1. The van der Waals surface area contributed by atoms with Crippen molar-refractivity contribution in [1.82, 2.24) is 0 Å². The Kier molecular flexibility index (Phi) is 13.4. The summed E-state index contributed by atoms with van der Waals surface area (Å²) in [7, 11) is 0. The molecule has 180 valence electrons. The van der Waals surface area contributed by atoms with E-state index in [4.69, 9.17) is 38.2 Å². The van der Waals surface area contributed by atoms with Crippen LogP contribution < -0.4 is 4.74 Å². The first-order valence-corrected chi connectivity index (χ1v) is 10.4. The van der Waals surface area contributed by atoms with Crippen LogP contribution in [0.3, 0.4) is 0 Å². The van der Waals surface area contributed by atoms with Gasteiger partial charge in [-0.1, -0.05) is 17.8 Å². The van der Waals surface area contributed by atoms with E-state index in [2.05, 4.69) is 17.8 Å². The molecule has 0 saturated heterocycles. The molecule has 1 aromatic rings. The molecule has 0 amide bonds. The van der Waals surface area contributed by atoms with Gasteiger partial charge in [-0.25, -0.2) is 0 Å². The summed E-state index contributed by atoms with van der Waals surface area (Å²) < 4.78 is 21.6. The van der Waals surface area contributed by atoms with Crippen molar-refractivity contribution in [1.29, 1.82) is 0 Å². The number of ether oxygens (including phenoxy) is 4. The number of hydrogen-bond acceptors (Lipinski definition) is 8. The van der Waals surface area contributed by atoms with Crippen molar-refractivity contribution in [3.8, 4) is 42.8 Å². The summed E-state index contributed by atoms with van der Waals surface area (Å²) in [6, 6.07) is 5.13. The Hall–Kier alpha value is -3.68. The number of terminal acetylenes is 3. The molecule has 0 fully saturated rings. The molecule has 0 aromatic heterocycles. The van der Waals surface area contributed by atoms with Crippen LogP contribution in [-0.2, 0) is 23.8 Å². The number of nitrogens with zero attached hydrogens (tertiary/aromatic N) is 1. The average molecular weight is 469 g/mol. The average Bonchev–Trinajstić information content (AvgIpc) is 2.80. The summed E-state index contributed by atoms with van der Waals surface area (Å²) in [5.41, 5.74) is -0.960. The number of Topliss-reactive ketones (excluding diaryl/α,β-unsaturated/α-hetero) is 1. The van der Waals surface area contributed by atoms with Crippen LogP contribution in [0.25, 0.3) is 0 Å². The molecule has 0 bridgehead atoms. The fourth-order valence-electron chi connectivity index (χ4n) is 3.01. The fraction of sp³-hybridized carbons (Fsp3) is 0.440. The molecular formula is C25H27NO8. The number of ketones is 1. The number of carbonyl (C=O) groups is 2. The predicted molar refractivity (Wildman–Crippen MR) is 124 cm³/mol. The maximum absolute atomic E-state index is 12.7. The molecule has 1 aromatic carbocycles. The van der Waals surface area contributed by atoms with E-state index in [9.17, 15) is 19.7 Å². The zero-order chi connectivity index (χ0) is 25.2. The third-order valence-corrected chi connectivity index (χ3v) is 4.47. The molecule has 0 radical (unpaired) electrons. The number of rotatable bonds is 17. The summed E-state index contributed by atoms with van der Waals surface area (Å²) in [5.74, 6) is 6.59. The summed E-state index contributed by atoms with van der Waals surface area (Å²) in [5, 5.41) is 10.7. The molecule has 0 heterocycles. The highest BCUT2D eigenvalue weighted by atomic mass is 16.6. The standard InChI is InChI=1S/C25H27NO8/c1-4-14-31-18-25(19-32-15-5-2,20-33-16-6-3)17-22(27)8-7-9-24(28)34-23-12-10-21(11-13-23)26(29)30/h1-3,10-13H,7-9,14-20H2. The van der Waals surface area contributed by atoms with Gasteiger partial charge in [0.1, 0.15) is 31.4 Å². The minimum absolute atomic E-state index is 0.00942. The van der Waals surface area contributed by atoms with E-state index in [-0.39, 0.29) is 82.5 Å². The lowest BCUT2D eigenvalue weighted by atomic mass is 9.84. The van der Waals surface area contributed by atoms with Crippen LogP contribution in [-0.4, -0.2) is 56.3 Å². The molecule has 0 aliphatic carbocycles. The van der Waals surface area contributed by atoms with E-state index < -0.39 is 16.3 Å². The molecule has 0 unspecified atom stereocenters. The van der Waals surface area contributed by atoms with Gasteiger partial charge in [0.05, 0.1) is 24.7 Å². The van der Waals surface area contributed by atoms with Gasteiger partial charge >= 0.3 is 5.97 Å². The second-order valence-corrected chi connectivity index (χ2v) is 7.38. The lowest BCUT2D eigenvalue weighted by Gasteiger charge is -2.32. The monoisotopic (exact) mass is 469 g/mol. The van der Waals surface area contributed by atoms with Crippen molar-refractivity contribution >= 4 is 17.4 Å². The number of esters is 1. The van der Waals surface area contributed by atoms with Crippen LogP contribution >= 0.6 is 0 Å². The second kappa shape index (κ2) is 16.0. The van der Waals surface area contributed by atoms with Crippen molar-refractivity contribution in [2.75, 3.05) is 39.6 Å². The Bertz CT molecular complexity index is 883. The number of hydrogen-bond donors (Lipinski definition) is 0. The molecule has 0 spiro atoms. The molecule has 1 rings (SSSR count). The minimum Gasteiger partial charge on any atom is -0.427 e. The number of non-ortho nitro benzene ring substituents is 1. The van der Waals surface area contributed by atoms with Gasteiger partial charge in [0.2, 0.25) is 0 Å². The van der Waals surface area contributed by atoms with Gasteiger partial charge in [-0.05, 0) is 18.6 Å². The molecule has 0 N–H and O–H groups in total. The molecule has 34 heavy (non-hydrogen) atoms. The first kappa shape index (κ1) is 28.4. The largest absolute Gasteiger partial charge is 0.427 e. The first-order valence-electron chi connectivity index (χ1n) is 10.4. The third kappa shape index (κ3) is 11.3. The molecule has 9 heteroatoms. The van der Waals surface area contributed by atoms with Crippen LogP contribution in [0.4, 0.5) is 5.69 Å². The summed E-state index contributed by atoms with van der Waals surface area (Å²) in [4.78, 5) is 34.9. The highest BCUT2D eigenvalue weighted by Crippen LogP contribution is 2.26. The maximum Gasteiger partial charge on any atom is 0.311 e. The summed E-state index contributed by atoms with van der Waals surface area (Å²) in [6.45, 7) is 0.443. The third-order valence-electron chi connectivity index (χ3n) is 4.47. The van der Waals surface area contributed by atoms with Gasteiger partial charge in [0.15, 0.2) is 0 Å². The van der Waals surface area contributed by atoms with Crippen molar-refractivity contribution in [3.63, 3.8) is 0 Å². The lowest BCUT2D eigenvalue weighted by molar-refractivity contribution is -0.384. The van der Waals surface area contributed by atoms with Crippen LogP contribution in [0.5, 0.6) is 5.75 Å². The SMILES string of the molecule is C#CCOCC(COCC#C)(COCC#C)CC(=O)CCCC(=O)Oc1ccc([N+](=O)[O-])cc1. The van der Waals surface area contributed by atoms with Crippen LogP contribution in [0.2, 0.25) is 0 Å². The zero-order valence-corrected chi connectivity index (χ0v) is 18.8. The van der Waals surface area contributed by atoms with E-state index in [0.717, 1.165) is 0 Å². The number of nitro benzene ring substituents is 1. The first-order chi connectivity index (χ1) is 16.4. The minimum atomic E-state index is -0.846. The summed E-state index contributed by atoms with van der Waals surface area (Å²) >= 11 is 0. The van der Waals surface area contributed by atoms with Crippen molar-refractivity contribution in [3.05, 3.63) is 34.4 Å². The van der Waals surface area contributed by atoms with Crippen molar-refractivity contribution in [2.45, 2.75) is 25.7 Å². The van der Waals surface area contributed by atoms with E-state index >= 15 is 0 Å². The molecule has 0 aliphatic heterocycles. The molecule has 0 saturated carbocycles. The van der Waals surface area contributed by atoms with Gasteiger partial charge in [-0.15, -0.1) is 19.3 Å². The second-order valence-electron chi connectivity index (χ2n) is 7.38. The molecule has 9 nitrogen and oxygen atoms in total. The molecule has 0 aliphatic rings. The smallest absolute Gasteiger partial charge is 0.311 e. The highest BCUT2D eigenvalue weighted by molar-refractivity contribution is 5.80. The van der Waals surface area contributed by atoms with E-state index in [1.807, 2.05) is 0 Å². The Morgan fingerprint density at radius 1 is 0.882 bits per heavy atom. The Balaban J connectivity index is 2.64. The highest BCUT2D eigenvalue weighted by Gasteiger charge is 2.34. The Labute approximate surface area is 199 Å². The Morgan fingerprint density at radius 2 is 1.38 bits per heavy atom. The molecule has 0 atom stereocenters. The maximum atomic E-state index is 12.7. The number of benzene rings is 1. The van der Waals surface area contributed by atoms with Crippen LogP contribution in [0, 0.1) is 52.6 Å². The van der Waals surface area contributed by atoms with Gasteiger partial charge < -0.3 is 18.9 Å². The predicted octanol–water partition coefficient (Wildman–Crippen LogP) is 2.57. The van der Waals surface area contributed by atoms with Gasteiger partial charge in [0.25, 0.3) is 5.69 Å². The van der Waals surface area contributed by atoms with Crippen molar-refractivity contribution < 1.29 is 33.5 Å². The van der Waals surface area contributed by atoms with Gasteiger partial charge in [-0.2, -0.15) is 0 Å². The van der Waals surface area contributed by atoms with Crippen LogP contribution in [0.1, 0.15) is 25.7 Å². The van der Waals surface area contributed by atoms with E-state index in [1.165, 1.54) is 24.3 Å². The number of carbonyl (C=O) groups excluding carboxylic acids is 2. The van der Waals surface area contributed by atoms with Gasteiger partial charge in [0, 0.05) is 36.8 Å². The zero-order valence-electron chi connectivity index (χ0n) is 18.8. The Morgan fingerprint density at radius 3 is 1.82 bits per heavy atom. The number of nitro groups is 1. The topological polar surface area (TPSA) is 114 Å². The fourth-order valence-corrected chi connectivity index (χ4v) is 3.01. The quantitative estimate of drug-likeness (QED) is 0.0854. The molecular weight excluding hydrogens is 442 g/mol. The van der Waals surface area contributed by atoms with Crippen molar-refractivity contribution in [2.24, 2.45) is 5.41 Å². The van der Waals surface area contributed by atoms with Crippen LogP contribution in [0.15, 0.2) is 24.3 Å². The van der Waals surface area contributed by atoms with Gasteiger partial charge in [-0.3, -0.25) is 19.7 Å². The van der Waals surface area contributed by atoms with E-state index in [1.54, 1.807) is 0 Å².